The normalized spacial score (nSPS) is 10.3. The van der Waals surface area contributed by atoms with Gasteiger partial charge in [-0.3, -0.25) is 14.9 Å². The predicted octanol–water partition coefficient (Wildman–Crippen LogP) is 4.13. The van der Waals surface area contributed by atoms with E-state index in [1.165, 1.54) is 12.1 Å². The van der Waals surface area contributed by atoms with Crippen LogP contribution in [0, 0.1) is 17.0 Å². The minimum atomic E-state index is -0.461. The number of amides is 1. The van der Waals surface area contributed by atoms with Crippen LogP contribution in [0.3, 0.4) is 0 Å². The molecule has 2 aromatic rings. The molecular formula is C16H15ClN2O3. The number of rotatable bonds is 5. The van der Waals surface area contributed by atoms with Gasteiger partial charge >= 0.3 is 0 Å². The molecule has 0 radical (unpaired) electrons. The first kappa shape index (κ1) is 16.0. The number of hydrogen-bond acceptors (Lipinski definition) is 3. The Bertz CT molecular complexity index is 716. The third kappa shape index (κ3) is 4.30. The van der Waals surface area contributed by atoms with Gasteiger partial charge in [-0.25, -0.2) is 0 Å². The molecule has 0 unspecified atom stereocenters. The Morgan fingerprint density at radius 3 is 2.68 bits per heavy atom. The van der Waals surface area contributed by atoms with E-state index in [2.05, 4.69) is 5.32 Å². The number of nitro benzene ring substituents is 1. The van der Waals surface area contributed by atoms with Crippen molar-refractivity contribution in [2.75, 3.05) is 5.32 Å². The molecule has 22 heavy (non-hydrogen) atoms. The van der Waals surface area contributed by atoms with Crippen LogP contribution in [0.4, 0.5) is 11.4 Å². The van der Waals surface area contributed by atoms with Gasteiger partial charge < -0.3 is 5.32 Å². The van der Waals surface area contributed by atoms with Crippen LogP contribution in [0.1, 0.15) is 17.5 Å². The van der Waals surface area contributed by atoms with Gasteiger partial charge in [0.2, 0.25) is 5.91 Å². The highest BCUT2D eigenvalue weighted by atomic mass is 35.5. The number of benzene rings is 2. The SMILES string of the molecule is Cc1cc([N+](=O)[O-])ccc1NC(=O)CCc1cccc(Cl)c1. The summed E-state index contributed by atoms with van der Waals surface area (Å²) in [4.78, 5) is 22.2. The van der Waals surface area contributed by atoms with Gasteiger partial charge in [0.25, 0.3) is 5.69 Å². The Balaban J connectivity index is 1.96. The molecule has 0 aliphatic heterocycles. The fourth-order valence-electron chi connectivity index (χ4n) is 2.06. The van der Waals surface area contributed by atoms with E-state index in [1.807, 2.05) is 18.2 Å². The minimum absolute atomic E-state index is 0.00873. The number of carbonyl (C=O) groups is 1. The number of nitro groups is 1. The van der Waals surface area contributed by atoms with Gasteiger partial charge in [-0.2, -0.15) is 0 Å². The molecule has 0 fully saturated rings. The first-order chi connectivity index (χ1) is 10.5. The third-order valence-corrected chi connectivity index (χ3v) is 3.46. The van der Waals surface area contributed by atoms with Crippen LogP contribution in [0.5, 0.6) is 0 Å². The van der Waals surface area contributed by atoms with E-state index in [4.69, 9.17) is 11.6 Å². The summed E-state index contributed by atoms with van der Waals surface area (Å²) in [5.74, 6) is -0.142. The summed E-state index contributed by atoms with van der Waals surface area (Å²) in [5.41, 5.74) is 2.24. The number of non-ortho nitro benzene ring substituents is 1. The van der Waals surface area contributed by atoms with Crippen molar-refractivity contribution in [3.63, 3.8) is 0 Å². The zero-order valence-corrected chi connectivity index (χ0v) is 12.8. The number of nitrogens with one attached hydrogen (secondary N) is 1. The molecule has 0 spiro atoms. The van der Waals surface area contributed by atoms with Gasteiger partial charge in [0.15, 0.2) is 0 Å². The maximum absolute atomic E-state index is 12.0. The molecule has 5 nitrogen and oxygen atoms in total. The van der Waals surface area contributed by atoms with E-state index >= 15 is 0 Å². The molecule has 1 N–H and O–H groups in total. The number of carbonyl (C=O) groups excluding carboxylic acids is 1. The van der Waals surface area contributed by atoms with E-state index in [9.17, 15) is 14.9 Å². The summed E-state index contributed by atoms with van der Waals surface area (Å²) in [6, 6.07) is 11.7. The van der Waals surface area contributed by atoms with Crippen molar-refractivity contribution >= 4 is 28.9 Å². The van der Waals surface area contributed by atoms with Crippen LogP contribution in [-0.2, 0) is 11.2 Å². The quantitative estimate of drug-likeness (QED) is 0.665. The summed E-state index contributed by atoms with van der Waals surface area (Å²) in [7, 11) is 0. The zero-order valence-electron chi connectivity index (χ0n) is 12.0. The molecule has 0 bridgehead atoms. The molecule has 114 valence electrons. The van der Waals surface area contributed by atoms with Crippen molar-refractivity contribution in [2.24, 2.45) is 0 Å². The van der Waals surface area contributed by atoms with Crippen LogP contribution in [0.15, 0.2) is 42.5 Å². The Hall–Kier alpha value is -2.40. The molecule has 2 rings (SSSR count). The Morgan fingerprint density at radius 2 is 2.05 bits per heavy atom. The summed E-state index contributed by atoms with van der Waals surface area (Å²) < 4.78 is 0. The predicted molar refractivity (Wildman–Crippen MR) is 86.2 cm³/mol. The van der Waals surface area contributed by atoms with Crippen molar-refractivity contribution in [3.05, 3.63) is 68.7 Å². The van der Waals surface area contributed by atoms with Crippen LogP contribution in [0.25, 0.3) is 0 Å². The monoisotopic (exact) mass is 318 g/mol. The van der Waals surface area contributed by atoms with Gasteiger partial charge in [-0.05, 0) is 42.7 Å². The molecule has 1 amide bonds. The van der Waals surface area contributed by atoms with E-state index in [-0.39, 0.29) is 11.6 Å². The zero-order chi connectivity index (χ0) is 16.1. The van der Waals surface area contributed by atoms with Gasteiger partial charge in [0.05, 0.1) is 4.92 Å². The Labute approximate surface area is 133 Å². The molecule has 0 atom stereocenters. The molecule has 0 aliphatic carbocycles. The average Bonchev–Trinajstić information content (AvgIpc) is 2.47. The second kappa shape index (κ2) is 7.04. The maximum atomic E-state index is 12.0. The first-order valence-electron chi connectivity index (χ1n) is 6.75. The van der Waals surface area contributed by atoms with Gasteiger partial charge in [-0.1, -0.05) is 23.7 Å². The first-order valence-corrected chi connectivity index (χ1v) is 7.13. The molecule has 2 aromatic carbocycles. The van der Waals surface area contributed by atoms with E-state index < -0.39 is 4.92 Å². The summed E-state index contributed by atoms with van der Waals surface area (Å²) in [6.07, 6.45) is 0.898. The molecule has 0 heterocycles. The van der Waals surface area contributed by atoms with Crippen molar-refractivity contribution in [2.45, 2.75) is 19.8 Å². The molecule has 6 heteroatoms. The molecule has 0 aliphatic rings. The van der Waals surface area contributed by atoms with E-state index in [1.54, 1.807) is 19.1 Å². The van der Waals surface area contributed by atoms with Crippen molar-refractivity contribution < 1.29 is 9.72 Å². The number of anilines is 1. The van der Waals surface area contributed by atoms with Crippen molar-refractivity contribution in [1.29, 1.82) is 0 Å². The number of hydrogen-bond donors (Lipinski definition) is 1. The molecule has 0 saturated carbocycles. The Kier molecular flexibility index (Phi) is 5.12. The number of aryl methyl sites for hydroxylation is 2. The lowest BCUT2D eigenvalue weighted by atomic mass is 10.1. The second-order valence-electron chi connectivity index (χ2n) is 4.93. The van der Waals surface area contributed by atoms with Crippen molar-refractivity contribution in [1.82, 2.24) is 0 Å². The summed E-state index contributed by atoms with van der Waals surface area (Å²) in [5, 5.41) is 14.1. The van der Waals surface area contributed by atoms with Crippen LogP contribution in [-0.4, -0.2) is 10.8 Å². The Morgan fingerprint density at radius 1 is 1.27 bits per heavy atom. The minimum Gasteiger partial charge on any atom is -0.326 e. The topological polar surface area (TPSA) is 72.2 Å². The van der Waals surface area contributed by atoms with Crippen LogP contribution >= 0.6 is 11.6 Å². The molecule has 0 aromatic heterocycles. The molecular weight excluding hydrogens is 304 g/mol. The van der Waals surface area contributed by atoms with Crippen LogP contribution in [0.2, 0.25) is 5.02 Å². The second-order valence-corrected chi connectivity index (χ2v) is 5.37. The highest BCUT2D eigenvalue weighted by Gasteiger charge is 2.10. The summed E-state index contributed by atoms with van der Waals surface area (Å²) in [6.45, 7) is 1.72. The maximum Gasteiger partial charge on any atom is 0.269 e. The smallest absolute Gasteiger partial charge is 0.269 e. The lowest BCUT2D eigenvalue weighted by molar-refractivity contribution is -0.384. The number of halogens is 1. The number of nitrogens with zero attached hydrogens (tertiary/aromatic N) is 1. The summed E-state index contributed by atoms with van der Waals surface area (Å²) >= 11 is 5.90. The van der Waals surface area contributed by atoms with Crippen molar-refractivity contribution in [3.8, 4) is 0 Å². The van der Waals surface area contributed by atoms with Gasteiger partial charge in [0.1, 0.15) is 0 Å². The standard InChI is InChI=1S/C16H15ClN2O3/c1-11-9-14(19(21)22)6-7-15(11)18-16(20)8-5-12-3-2-4-13(17)10-12/h2-4,6-7,9-10H,5,8H2,1H3,(H,18,20). The lowest BCUT2D eigenvalue weighted by Gasteiger charge is -2.08. The lowest BCUT2D eigenvalue weighted by Crippen LogP contribution is -2.13. The van der Waals surface area contributed by atoms with Gasteiger partial charge in [0, 0.05) is 29.3 Å². The third-order valence-electron chi connectivity index (χ3n) is 3.22. The average molecular weight is 319 g/mol. The largest absolute Gasteiger partial charge is 0.326 e. The molecule has 0 saturated heterocycles. The highest BCUT2D eigenvalue weighted by molar-refractivity contribution is 6.30. The van der Waals surface area contributed by atoms with Crippen LogP contribution < -0.4 is 5.32 Å². The highest BCUT2D eigenvalue weighted by Crippen LogP contribution is 2.21. The van der Waals surface area contributed by atoms with E-state index in [0.717, 1.165) is 5.56 Å². The van der Waals surface area contributed by atoms with Gasteiger partial charge in [-0.15, -0.1) is 0 Å². The fraction of sp³-hybridized carbons (Fsp3) is 0.188. The van der Waals surface area contributed by atoms with E-state index in [0.29, 0.717) is 29.1 Å². The fourth-order valence-corrected chi connectivity index (χ4v) is 2.28.